The zero-order valence-corrected chi connectivity index (χ0v) is 9.47. The van der Waals surface area contributed by atoms with Crippen LogP contribution in [0.4, 0.5) is 0 Å². The summed E-state index contributed by atoms with van der Waals surface area (Å²) in [4.78, 5) is 2.56. The molecule has 2 N–H and O–H groups in total. The van der Waals surface area contributed by atoms with Gasteiger partial charge in [-0.3, -0.25) is 4.90 Å². The highest BCUT2D eigenvalue weighted by Gasteiger charge is 2.39. The molecule has 0 saturated heterocycles. The summed E-state index contributed by atoms with van der Waals surface area (Å²) < 4.78 is 0. The van der Waals surface area contributed by atoms with E-state index in [-0.39, 0.29) is 0 Å². The Morgan fingerprint density at radius 2 is 1.86 bits per heavy atom. The SMILES string of the molecule is CN(CC1CCCC1)C1(CN)CCC1. The maximum atomic E-state index is 5.90. The lowest BCUT2D eigenvalue weighted by atomic mass is 9.75. The quantitative estimate of drug-likeness (QED) is 0.745. The number of hydrogen-bond acceptors (Lipinski definition) is 2. The van der Waals surface area contributed by atoms with Gasteiger partial charge in [-0.2, -0.15) is 0 Å². The average Bonchev–Trinajstić information content (AvgIpc) is 2.55. The van der Waals surface area contributed by atoms with Crippen molar-refractivity contribution in [2.45, 2.75) is 50.5 Å². The van der Waals surface area contributed by atoms with Gasteiger partial charge in [-0.25, -0.2) is 0 Å². The van der Waals surface area contributed by atoms with Crippen LogP contribution in [0.3, 0.4) is 0 Å². The standard InChI is InChI=1S/C12H24N2/c1-14(9-11-5-2-3-6-11)12(10-13)7-4-8-12/h11H,2-10,13H2,1H3. The molecule has 2 saturated carbocycles. The molecule has 0 aromatic rings. The first kappa shape index (κ1) is 10.4. The molecule has 82 valence electrons. The highest BCUT2D eigenvalue weighted by Crippen LogP contribution is 2.37. The van der Waals surface area contributed by atoms with Crippen LogP contribution in [0.1, 0.15) is 44.9 Å². The fourth-order valence-corrected chi connectivity index (χ4v) is 3.10. The minimum absolute atomic E-state index is 0.391. The van der Waals surface area contributed by atoms with Crippen LogP contribution in [-0.2, 0) is 0 Å². The maximum absolute atomic E-state index is 5.90. The van der Waals surface area contributed by atoms with Crippen molar-refractivity contribution in [2.24, 2.45) is 11.7 Å². The molecule has 0 amide bonds. The van der Waals surface area contributed by atoms with Gasteiger partial charge in [0.25, 0.3) is 0 Å². The van der Waals surface area contributed by atoms with Crippen LogP contribution in [0.15, 0.2) is 0 Å². The molecular weight excluding hydrogens is 172 g/mol. The fraction of sp³-hybridized carbons (Fsp3) is 1.00. The second-order valence-corrected chi connectivity index (χ2v) is 5.31. The van der Waals surface area contributed by atoms with Crippen LogP contribution < -0.4 is 5.73 Å². The molecule has 2 aliphatic carbocycles. The molecule has 0 aromatic heterocycles. The van der Waals surface area contributed by atoms with E-state index in [1.165, 1.54) is 51.5 Å². The summed E-state index contributed by atoms with van der Waals surface area (Å²) in [6, 6.07) is 0. The van der Waals surface area contributed by atoms with E-state index in [2.05, 4.69) is 11.9 Å². The van der Waals surface area contributed by atoms with Crippen molar-refractivity contribution in [2.75, 3.05) is 20.1 Å². The Morgan fingerprint density at radius 3 is 2.29 bits per heavy atom. The van der Waals surface area contributed by atoms with E-state index in [0.29, 0.717) is 5.54 Å². The van der Waals surface area contributed by atoms with Gasteiger partial charge in [-0.1, -0.05) is 12.8 Å². The van der Waals surface area contributed by atoms with E-state index >= 15 is 0 Å². The Labute approximate surface area is 87.8 Å². The third kappa shape index (κ3) is 1.82. The molecule has 0 spiro atoms. The molecule has 2 nitrogen and oxygen atoms in total. The zero-order chi connectivity index (χ0) is 10.0. The minimum atomic E-state index is 0.391. The van der Waals surface area contributed by atoms with Crippen LogP contribution in [0.2, 0.25) is 0 Å². The number of rotatable bonds is 4. The third-order valence-corrected chi connectivity index (χ3v) is 4.48. The van der Waals surface area contributed by atoms with Crippen LogP contribution >= 0.6 is 0 Å². The van der Waals surface area contributed by atoms with Gasteiger partial charge in [-0.05, 0) is 45.1 Å². The Balaban J connectivity index is 1.84. The summed E-state index contributed by atoms with van der Waals surface area (Å²) in [7, 11) is 2.28. The van der Waals surface area contributed by atoms with Crippen molar-refractivity contribution in [1.29, 1.82) is 0 Å². The topological polar surface area (TPSA) is 29.3 Å². The first-order valence-electron chi connectivity index (χ1n) is 6.18. The zero-order valence-electron chi connectivity index (χ0n) is 9.47. The van der Waals surface area contributed by atoms with E-state index < -0.39 is 0 Å². The summed E-state index contributed by atoms with van der Waals surface area (Å²) in [5.74, 6) is 0.962. The van der Waals surface area contributed by atoms with Gasteiger partial charge >= 0.3 is 0 Å². The molecule has 0 aliphatic heterocycles. The van der Waals surface area contributed by atoms with E-state index in [0.717, 1.165) is 12.5 Å². The normalized spacial score (nSPS) is 26.8. The Kier molecular flexibility index (Phi) is 3.13. The number of nitrogens with two attached hydrogens (primary N) is 1. The second-order valence-electron chi connectivity index (χ2n) is 5.31. The van der Waals surface area contributed by atoms with Crippen LogP contribution in [0.25, 0.3) is 0 Å². The summed E-state index contributed by atoms with van der Waals surface area (Å²) in [6.07, 6.45) is 9.84. The molecule has 2 heteroatoms. The largest absolute Gasteiger partial charge is 0.329 e. The smallest absolute Gasteiger partial charge is 0.0328 e. The molecule has 2 aliphatic rings. The predicted octanol–water partition coefficient (Wildman–Crippen LogP) is 1.99. The average molecular weight is 196 g/mol. The van der Waals surface area contributed by atoms with Crippen molar-refractivity contribution >= 4 is 0 Å². The van der Waals surface area contributed by atoms with Crippen LogP contribution in [0, 0.1) is 5.92 Å². The van der Waals surface area contributed by atoms with Crippen molar-refractivity contribution < 1.29 is 0 Å². The van der Waals surface area contributed by atoms with Crippen LogP contribution in [0.5, 0.6) is 0 Å². The Bertz CT molecular complexity index is 175. The van der Waals surface area contributed by atoms with Gasteiger partial charge in [0.2, 0.25) is 0 Å². The van der Waals surface area contributed by atoms with E-state index in [4.69, 9.17) is 5.73 Å². The predicted molar refractivity (Wildman–Crippen MR) is 60.2 cm³/mol. The monoisotopic (exact) mass is 196 g/mol. The maximum Gasteiger partial charge on any atom is 0.0328 e. The molecular formula is C12H24N2. The molecule has 2 rings (SSSR count). The molecule has 0 bridgehead atoms. The molecule has 0 heterocycles. The summed E-state index contributed by atoms with van der Waals surface area (Å²) in [5.41, 5.74) is 6.29. The third-order valence-electron chi connectivity index (χ3n) is 4.48. The highest BCUT2D eigenvalue weighted by atomic mass is 15.2. The molecule has 2 fully saturated rings. The van der Waals surface area contributed by atoms with Gasteiger partial charge in [0.15, 0.2) is 0 Å². The van der Waals surface area contributed by atoms with Crippen molar-refractivity contribution in [1.82, 2.24) is 4.90 Å². The van der Waals surface area contributed by atoms with E-state index in [1.807, 2.05) is 0 Å². The lowest BCUT2D eigenvalue weighted by molar-refractivity contribution is 0.0344. The van der Waals surface area contributed by atoms with Gasteiger partial charge < -0.3 is 5.73 Å². The first-order chi connectivity index (χ1) is 6.77. The molecule has 0 radical (unpaired) electrons. The van der Waals surface area contributed by atoms with Crippen molar-refractivity contribution in [3.63, 3.8) is 0 Å². The van der Waals surface area contributed by atoms with Gasteiger partial charge in [0.05, 0.1) is 0 Å². The molecule has 0 atom stereocenters. The Hall–Kier alpha value is -0.0800. The van der Waals surface area contributed by atoms with Crippen LogP contribution in [-0.4, -0.2) is 30.6 Å². The highest BCUT2D eigenvalue weighted by molar-refractivity contribution is 4.98. The minimum Gasteiger partial charge on any atom is -0.329 e. The second kappa shape index (κ2) is 4.19. The first-order valence-corrected chi connectivity index (χ1v) is 6.18. The molecule has 0 aromatic carbocycles. The Morgan fingerprint density at radius 1 is 1.21 bits per heavy atom. The van der Waals surface area contributed by atoms with E-state index in [9.17, 15) is 0 Å². The number of nitrogens with zero attached hydrogens (tertiary/aromatic N) is 1. The summed E-state index contributed by atoms with van der Waals surface area (Å²) in [6.45, 7) is 2.15. The number of likely N-dealkylation sites (N-methyl/N-ethyl adjacent to an activating group) is 1. The van der Waals surface area contributed by atoms with Crippen molar-refractivity contribution in [3.8, 4) is 0 Å². The van der Waals surface area contributed by atoms with Gasteiger partial charge in [0, 0.05) is 18.6 Å². The van der Waals surface area contributed by atoms with E-state index in [1.54, 1.807) is 0 Å². The van der Waals surface area contributed by atoms with Gasteiger partial charge in [0.1, 0.15) is 0 Å². The molecule has 14 heavy (non-hydrogen) atoms. The summed E-state index contributed by atoms with van der Waals surface area (Å²) in [5, 5.41) is 0. The lowest BCUT2D eigenvalue weighted by Crippen LogP contribution is -2.57. The lowest BCUT2D eigenvalue weighted by Gasteiger charge is -2.49. The van der Waals surface area contributed by atoms with Gasteiger partial charge in [-0.15, -0.1) is 0 Å². The molecule has 0 unspecified atom stereocenters. The summed E-state index contributed by atoms with van der Waals surface area (Å²) >= 11 is 0. The fourth-order valence-electron chi connectivity index (χ4n) is 3.10. The van der Waals surface area contributed by atoms with Crippen molar-refractivity contribution in [3.05, 3.63) is 0 Å². The number of hydrogen-bond donors (Lipinski definition) is 1.